The highest BCUT2D eigenvalue weighted by Crippen LogP contribution is 2.35. The summed E-state index contributed by atoms with van der Waals surface area (Å²) in [6.07, 6.45) is 8.26. The van der Waals surface area contributed by atoms with Crippen molar-refractivity contribution in [1.82, 2.24) is 5.32 Å². The van der Waals surface area contributed by atoms with Crippen molar-refractivity contribution >= 4 is 0 Å². The summed E-state index contributed by atoms with van der Waals surface area (Å²) in [5, 5.41) is 3.72. The molecule has 2 heteroatoms. The maximum absolute atomic E-state index is 13.3. The number of nitrogens with one attached hydrogen (secondary N) is 1. The Bertz CT molecular complexity index is 437. The minimum atomic E-state index is -0.0847. The lowest BCUT2D eigenvalue weighted by atomic mass is 9.81. The molecule has 0 amide bonds. The van der Waals surface area contributed by atoms with Gasteiger partial charge in [-0.25, -0.2) is 4.39 Å². The maximum atomic E-state index is 13.3. The van der Waals surface area contributed by atoms with E-state index in [9.17, 15) is 4.39 Å². The fourth-order valence-electron chi connectivity index (χ4n) is 3.84. The second-order valence-corrected chi connectivity index (χ2v) is 6.35. The van der Waals surface area contributed by atoms with E-state index >= 15 is 0 Å². The Morgan fingerprint density at radius 1 is 1.16 bits per heavy atom. The zero-order valence-electron chi connectivity index (χ0n) is 11.8. The summed E-state index contributed by atoms with van der Waals surface area (Å²) in [6, 6.07) is 6.32. The van der Waals surface area contributed by atoms with Crippen LogP contribution in [0.2, 0.25) is 0 Å². The molecule has 0 radical (unpaired) electrons. The van der Waals surface area contributed by atoms with Gasteiger partial charge in [0.1, 0.15) is 5.82 Å². The molecule has 2 unspecified atom stereocenters. The lowest BCUT2D eigenvalue weighted by Crippen LogP contribution is -2.31. The molecule has 1 aliphatic heterocycles. The van der Waals surface area contributed by atoms with Gasteiger partial charge in [0.25, 0.3) is 0 Å². The first-order valence-corrected chi connectivity index (χ1v) is 7.73. The second-order valence-electron chi connectivity index (χ2n) is 6.35. The van der Waals surface area contributed by atoms with Crippen molar-refractivity contribution in [3.8, 4) is 0 Å². The third kappa shape index (κ3) is 2.84. The van der Waals surface area contributed by atoms with Gasteiger partial charge < -0.3 is 5.32 Å². The molecule has 1 aromatic carbocycles. The van der Waals surface area contributed by atoms with E-state index in [1.54, 1.807) is 6.07 Å². The first-order valence-electron chi connectivity index (χ1n) is 7.73. The van der Waals surface area contributed by atoms with E-state index in [2.05, 4.69) is 5.32 Å². The first kappa shape index (κ1) is 13.1. The highest BCUT2D eigenvalue weighted by Gasteiger charge is 2.31. The number of rotatable bonds is 2. The van der Waals surface area contributed by atoms with Crippen molar-refractivity contribution in [1.29, 1.82) is 0 Å². The van der Waals surface area contributed by atoms with Crippen LogP contribution in [0.3, 0.4) is 0 Å². The highest BCUT2D eigenvalue weighted by molar-refractivity contribution is 5.28. The van der Waals surface area contributed by atoms with Crippen molar-refractivity contribution < 1.29 is 4.39 Å². The third-order valence-electron chi connectivity index (χ3n) is 5.04. The number of benzene rings is 1. The summed E-state index contributed by atoms with van der Waals surface area (Å²) in [5.74, 6) is 1.37. The Labute approximate surface area is 115 Å². The van der Waals surface area contributed by atoms with Gasteiger partial charge in [-0.1, -0.05) is 31.4 Å². The summed E-state index contributed by atoms with van der Waals surface area (Å²) >= 11 is 0. The van der Waals surface area contributed by atoms with Crippen LogP contribution >= 0.6 is 0 Å². The van der Waals surface area contributed by atoms with Crippen molar-refractivity contribution in [3.05, 3.63) is 35.1 Å². The van der Waals surface area contributed by atoms with Gasteiger partial charge in [0, 0.05) is 12.6 Å². The van der Waals surface area contributed by atoms with Crippen LogP contribution in [-0.2, 0) is 0 Å². The van der Waals surface area contributed by atoms with Crippen LogP contribution < -0.4 is 5.32 Å². The highest BCUT2D eigenvalue weighted by atomic mass is 19.1. The minimum Gasteiger partial charge on any atom is -0.313 e. The van der Waals surface area contributed by atoms with Crippen LogP contribution in [0.25, 0.3) is 0 Å². The molecular formula is C17H24FN. The monoisotopic (exact) mass is 261 g/mol. The van der Waals surface area contributed by atoms with E-state index in [0.717, 1.165) is 18.0 Å². The molecule has 3 rings (SSSR count). The summed E-state index contributed by atoms with van der Waals surface area (Å²) < 4.78 is 13.3. The van der Waals surface area contributed by atoms with Gasteiger partial charge >= 0.3 is 0 Å². The molecule has 0 bridgehead atoms. The Kier molecular flexibility index (Phi) is 3.88. The van der Waals surface area contributed by atoms with E-state index in [4.69, 9.17) is 0 Å². The quantitative estimate of drug-likeness (QED) is 0.843. The molecule has 104 valence electrons. The Hall–Kier alpha value is -0.890. The average Bonchev–Trinajstić information content (AvgIpc) is 2.93. The van der Waals surface area contributed by atoms with E-state index in [1.165, 1.54) is 44.1 Å². The molecule has 2 atom stereocenters. The van der Waals surface area contributed by atoms with E-state index < -0.39 is 0 Å². The van der Waals surface area contributed by atoms with Crippen molar-refractivity contribution in [3.63, 3.8) is 0 Å². The lowest BCUT2D eigenvalue weighted by molar-refractivity contribution is 0.286. The molecule has 1 aliphatic carbocycles. The van der Waals surface area contributed by atoms with E-state index in [-0.39, 0.29) is 5.82 Å². The minimum absolute atomic E-state index is 0.0847. The smallest absolute Gasteiger partial charge is 0.126 e. The third-order valence-corrected chi connectivity index (χ3v) is 5.04. The predicted octanol–water partition coefficient (Wildman–Crippen LogP) is 4.16. The van der Waals surface area contributed by atoms with E-state index in [1.807, 2.05) is 19.1 Å². The van der Waals surface area contributed by atoms with Gasteiger partial charge in [-0.15, -0.1) is 0 Å². The predicted molar refractivity (Wildman–Crippen MR) is 76.9 cm³/mol. The molecule has 2 fully saturated rings. The first-order chi connectivity index (χ1) is 9.24. The summed E-state index contributed by atoms with van der Waals surface area (Å²) in [5.41, 5.74) is 2.09. The van der Waals surface area contributed by atoms with Crippen molar-refractivity contribution in [2.45, 2.75) is 57.4 Å². The number of halogens is 1. The van der Waals surface area contributed by atoms with Gasteiger partial charge in [0.05, 0.1) is 0 Å². The Morgan fingerprint density at radius 3 is 2.68 bits per heavy atom. The zero-order valence-corrected chi connectivity index (χ0v) is 11.8. The summed E-state index contributed by atoms with van der Waals surface area (Å²) in [7, 11) is 0. The van der Waals surface area contributed by atoms with Gasteiger partial charge in [0.15, 0.2) is 0 Å². The molecule has 1 N–H and O–H groups in total. The standard InChI is InChI=1S/C17H24FN/c1-12-9-14(7-8-16(12)18)15-10-17(19-11-15)13-5-3-2-4-6-13/h7-9,13,15,17,19H,2-6,10-11H2,1H3. The SMILES string of the molecule is Cc1cc(C2CNC(C3CCCCC3)C2)ccc1F. The topological polar surface area (TPSA) is 12.0 Å². The number of hydrogen-bond donors (Lipinski definition) is 1. The summed E-state index contributed by atoms with van der Waals surface area (Å²) in [4.78, 5) is 0. The molecule has 1 aromatic rings. The molecule has 1 nitrogen and oxygen atoms in total. The number of hydrogen-bond acceptors (Lipinski definition) is 1. The van der Waals surface area contributed by atoms with Crippen LogP contribution in [0.1, 0.15) is 55.6 Å². The molecule has 2 aliphatic rings. The Morgan fingerprint density at radius 2 is 1.95 bits per heavy atom. The Balaban J connectivity index is 1.66. The van der Waals surface area contributed by atoms with Gasteiger partial charge in [-0.05, 0) is 55.2 Å². The molecule has 1 heterocycles. The van der Waals surface area contributed by atoms with Crippen LogP contribution in [-0.4, -0.2) is 12.6 Å². The molecule has 19 heavy (non-hydrogen) atoms. The van der Waals surface area contributed by atoms with Gasteiger partial charge in [-0.3, -0.25) is 0 Å². The number of aryl methyl sites for hydroxylation is 1. The molecule has 1 saturated heterocycles. The largest absolute Gasteiger partial charge is 0.313 e. The van der Waals surface area contributed by atoms with Crippen LogP contribution in [0.4, 0.5) is 4.39 Å². The second kappa shape index (κ2) is 5.62. The van der Waals surface area contributed by atoms with Crippen LogP contribution in [0, 0.1) is 18.7 Å². The molecular weight excluding hydrogens is 237 g/mol. The lowest BCUT2D eigenvalue weighted by Gasteiger charge is -2.27. The average molecular weight is 261 g/mol. The molecule has 0 spiro atoms. The molecule has 0 aromatic heterocycles. The van der Waals surface area contributed by atoms with Crippen molar-refractivity contribution in [2.24, 2.45) is 5.92 Å². The van der Waals surface area contributed by atoms with Gasteiger partial charge in [0.2, 0.25) is 0 Å². The zero-order chi connectivity index (χ0) is 13.2. The van der Waals surface area contributed by atoms with Crippen molar-refractivity contribution in [2.75, 3.05) is 6.54 Å². The molecule has 1 saturated carbocycles. The van der Waals surface area contributed by atoms with Crippen LogP contribution in [0.15, 0.2) is 18.2 Å². The fourth-order valence-corrected chi connectivity index (χ4v) is 3.84. The fraction of sp³-hybridized carbons (Fsp3) is 0.647. The summed E-state index contributed by atoms with van der Waals surface area (Å²) in [6.45, 7) is 2.92. The normalized spacial score (nSPS) is 28.7. The van der Waals surface area contributed by atoms with Crippen LogP contribution in [0.5, 0.6) is 0 Å². The van der Waals surface area contributed by atoms with Gasteiger partial charge in [-0.2, -0.15) is 0 Å². The van der Waals surface area contributed by atoms with E-state index in [0.29, 0.717) is 12.0 Å². The maximum Gasteiger partial charge on any atom is 0.126 e.